The van der Waals surface area contributed by atoms with Crippen LogP contribution in [0.5, 0.6) is 0 Å². The average molecular weight is 358 g/mol. The van der Waals surface area contributed by atoms with E-state index in [1.165, 1.54) is 36.1 Å². The molecular formula is C24H26N2O. The normalized spacial score (nSPS) is 30.1. The van der Waals surface area contributed by atoms with E-state index in [1.807, 2.05) is 6.07 Å². The largest absolute Gasteiger partial charge is 0.378 e. The number of benzene rings is 2. The van der Waals surface area contributed by atoms with Gasteiger partial charge in [-0.15, -0.1) is 6.58 Å². The molecule has 2 aliphatic carbocycles. The smallest absolute Gasteiger partial charge is 0.251 e. The van der Waals surface area contributed by atoms with Gasteiger partial charge in [-0.1, -0.05) is 36.4 Å². The minimum absolute atomic E-state index is 0.0115. The number of anilines is 1. The fraction of sp³-hybridized carbons (Fsp3) is 0.375. The fourth-order valence-corrected chi connectivity index (χ4v) is 5.88. The first kappa shape index (κ1) is 16.6. The van der Waals surface area contributed by atoms with Gasteiger partial charge in [0.05, 0.1) is 6.04 Å². The summed E-state index contributed by atoms with van der Waals surface area (Å²) >= 11 is 0. The summed E-state index contributed by atoms with van der Waals surface area (Å²) in [6.45, 7) is 4.18. The van der Waals surface area contributed by atoms with Crippen LogP contribution in [0.4, 0.5) is 5.69 Å². The molecule has 1 heterocycles. The van der Waals surface area contributed by atoms with Crippen molar-refractivity contribution in [3.8, 4) is 0 Å². The molecule has 2 fully saturated rings. The minimum atomic E-state index is -0.0115. The lowest BCUT2D eigenvalue weighted by atomic mass is 9.68. The van der Waals surface area contributed by atoms with E-state index < -0.39 is 0 Å². The Balaban J connectivity index is 1.54. The van der Waals surface area contributed by atoms with E-state index >= 15 is 0 Å². The molecule has 0 aromatic heterocycles. The van der Waals surface area contributed by atoms with Crippen molar-refractivity contribution in [2.75, 3.05) is 11.9 Å². The molecule has 0 unspecified atom stereocenters. The third kappa shape index (κ3) is 2.68. The molecule has 5 rings (SSSR count). The number of hydrogen-bond acceptors (Lipinski definition) is 2. The summed E-state index contributed by atoms with van der Waals surface area (Å²) in [4.78, 5) is 12.4. The maximum atomic E-state index is 12.4. The number of nitrogens with one attached hydrogen (secondary N) is 2. The van der Waals surface area contributed by atoms with Crippen molar-refractivity contribution in [1.29, 1.82) is 0 Å². The first-order chi connectivity index (χ1) is 13.3. The van der Waals surface area contributed by atoms with Crippen LogP contribution in [0.1, 0.15) is 52.7 Å². The molecule has 27 heavy (non-hydrogen) atoms. The Hall–Kier alpha value is -2.55. The van der Waals surface area contributed by atoms with E-state index in [1.54, 1.807) is 6.08 Å². The Morgan fingerprint density at radius 2 is 1.96 bits per heavy atom. The number of amides is 1. The molecule has 138 valence electrons. The number of rotatable bonds is 4. The summed E-state index contributed by atoms with van der Waals surface area (Å²) in [6.07, 6.45) is 5.74. The van der Waals surface area contributed by atoms with E-state index in [0.717, 1.165) is 17.4 Å². The van der Waals surface area contributed by atoms with Gasteiger partial charge in [-0.05, 0) is 72.3 Å². The van der Waals surface area contributed by atoms with Crippen LogP contribution in [0, 0.1) is 17.8 Å². The lowest BCUT2D eigenvalue weighted by molar-refractivity contribution is 0.0957. The van der Waals surface area contributed by atoms with Gasteiger partial charge < -0.3 is 10.6 Å². The summed E-state index contributed by atoms with van der Waals surface area (Å²) in [5.41, 5.74) is 4.71. The first-order valence-corrected chi connectivity index (χ1v) is 10.1. The highest BCUT2D eigenvalue weighted by molar-refractivity contribution is 5.95. The van der Waals surface area contributed by atoms with Gasteiger partial charge in [0.15, 0.2) is 0 Å². The molecule has 2 aromatic rings. The van der Waals surface area contributed by atoms with Crippen molar-refractivity contribution in [3.05, 3.63) is 77.9 Å². The third-order valence-corrected chi connectivity index (χ3v) is 6.92. The van der Waals surface area contributed by atoms with Crippen molar-refractivity contribution < 1.29 is 4.79 Å². The number of hydrogen-bond donors (Lipinski definition) is 2. The van der Waals surface area contributed by atoms with Gasteiger partial charge in [0, 0.05) is 17.8 Å². The summed E-state index contributed by atoms with van der Waals surface area (Å²) < 4.78 is 0. The molecule has 5 atom stereocenters. The number of carbonyl (C=O) groups excluding carboxylic acids is 1. The predicted molar refractivity (Wildman–Crippen MR) is 109 cm³/mol. The van der Waals surface area contributed by atoms with Gasteiger partial charge in [0.1, 0.15) is 0 Å². The maximum Gasteiger partial charge on any atom is 0.251 e. The second kappa shape index (κ2) is 6.56. The molecule has 2 aromatic carbocycles. The molecular weight excluding hydrogens is 332 g/mol. The lowest BCUT2D eigenvalue weighted by Gasteiger charge is -2.43. The maximum absolute atomic E-state index is 12.4. The molecule has 0 radical (unpaired) electrons. The highest BCUT2D eigenvalue weighted by Crippen LogP contribution is 2.63. The van der Waals surface area contributed by atoms with E-state index in [9.17, 15) is 4.79 Å². The van der Waals surface area contributed by atoms with Crippen molar-refractivity contribution in [1.82, 2.24) is 5.32 Å². The monoisotopic (exact) mass is 358 g/mol. The summed E-state index contributed by atoms with van der Waals surface area (Å²) in [7, 11) is 0. The zero-order valence-corrected chi connectivity index (χ0v) is 15.5. The molecule has 3 heteroatoms. The topological polar surface area (TPSA) is 41.1 Å². The van der Waals surface area contributed by atoms with Gasteiger partial charge in [-0.3, -0.25) is 4.79 Å². The molecule has 0 saturated heterocycles. The Bertz CT molecular complexity index is 875. The van der Waals surface area contributed by atoms with Crippen LogP contribution in [0.25, 0.3) is 0 Å². The summed E-state index contributed by atoms with van der Waals surface area (Å²) in [5.74, 6) is 2.74. The minimum Gasteiger partial charge on any atom is -0.378 e. The lowest BCUT2D eigenvalue weighted by Crippen LogP contribution is -2.35. The summed E-state index contributed by atoms with van der Waals surface area (Å²) in [6, 6.07) is 17.4. The van der Waals surface area contributed by atoms with Crippen LogP contribution in [0.3, 0.4) is 0 Å². The molecule has 2 bridgehead atoms. The van der Waals surface area contributed by atoms with Crippen molar-refractivity contribution in [2.24, 2.45) is 17.8 Å². The zero-order valence-electron chi connectivity index (χ0n) is 15.5. The number of carbonyl (C=O) groups is 1. The highest BCUT2D eigenvalue weighted by Gasteiger charge is 2.53. The standard InChI is InChI=1S/C24H26N2O/c1-2-12-25-24(27)18-10-11-20-19(14-18)21-16-8-9-17(13-16)22(21)23(26-20)15-6-4-3-5-7-15/h2-7,10-11,14,16-17,21-23,26H,1,8-9,12-13H2,(H,25,27)/t16-,17-,21-,22+,23+/m1/s1. The van der Waals surface area contributed by atoms with Gasteiger partial charge >= 0.3 is 0 Å². The average Bonchev–Trinajstić information content (AvgIpc) is 3.34. The first-order valence-electron chi connectivity index (χ1n) is 10.1. The van der Waals surface area contributed by atoms with E-state index in [4.69, 9.17) is 0 Å². The summed E-state index contributed by atoms with van der Waals surface area (Å²) in [5, 5.41) is 6.74. The van der Waals surface area contributed by atoms with Gasteiger partial charge in [-0.25, -0.2) is 0 Å². The van der Waals surface area contributed by atoms with Gasteiger partial charge in [0.25, 0.3) is 5.91 Å². The molecule has 1 aliphatic heterocycles. The molecule has 3 nitrogen and oxygen atoms in total. The van der Waals surface area contributed by atoms with Crippen LogP contribution < -0.4 is 10.6 Å². The highest BCUT2D eigenvalue weighted by atomic mass is 16.1. The fourth-order valence-electron chi connectivity index (χ4n) is 5.88. The van der Waals surface area contributed by atoms with Crippen LogP contribution in [0.15, 0.2) is 61.2 Å². The van der Waals surface area contributed by atoms with Crippen LogP contribution in [-0.2, 0) is 0 Å². The molecule has 2 N–H and O–H groups in total. The third-order valence-electron chi connectivity index (χ3n) is 6.92. The second-order valence-electron chi connectivity index (χ2n) is 8.27. The van der Waals surface area contributed by atoms with E-state index in [2.05, 4.69) is 59.7 Å². The van der Waals surface area contributed by atoms with Gasteiger partial charge in [0.2, 0.25) is 0 Å². The Labute approximate surface area is 160 Å². The SMILES string of the molecule is C=CCNC(=O)c1ccc2c(c1)[C@H]1[C@@H]3CC[C@H](C3)[C@@H]1[C@H](c1ccccc1)N2. The Morgan fingerprint density at radius 1 is 1.15 bits per heavy atom. The van der Waals surface area contributed by atoms with Crippen LogP contribution in [-0.4, -0.2) is 12.5 Å². The quantitative estimate of drug-likeness (QED) is 0.763. The zero-order chi connectivity index (χ0) is 18.4. The van der Waals surface area contributed by atoms with Crippen molar-refractivity contribution in [3.63, 3.8) is 0 Å². The molecule has 1 amide bonds. The number of fused-ring (bicyclic) bond motifs is 7. The Kier molecular flexibility index (Phi) is 4.04. The van der Waals surface area contributed by atoms with Crippen LogP contribution >= 0.6 is 0 Å². The van der Waals surface area contributed by atoms with Crippen molar-refractivity contribution in [2.45, 2.75) is 31.2 Å². The second-order valence-corrected chi connectivity index (χ2v) is 8.27. The van der Waals surface area contributed by atoms with Crippen molar-refractivity contribution >= 4 is 11.6 Å². The predicted octanol–water partition coefficient (Wildman–Crippen LogP) is 4.90. The molecule has 2 saturated carbocycles. The van der Waals surface area contributed by atoms with E-state index in [0.29, 0.717) is 24.4 Å². The Morgan fingerprint density at radius 3 is 2.78 bits per heavy atom. The molecule has 0 spiro atoms. The van der Waals surface area contributed by atoms with Crippen LogP contribution in [0.2, 0.25) is 0 Å². The van der Waals surface area contributed by atoms with Gasteiger partial charge in [-0.2, -0.15) is 0 Å². The molecule has 3 aliphatic rings. The van der Waals surface area contributed by atoms with E-state index in [-0.39, 0.29) is 5.91 Å².